The van der Waals surface area contributed by atoms with Crippen molar-refractivity contribution in [2.24, 2.45) is 0 Å². The third-order valence-electron chi connectivity index (χ3n) is 3.73. The van der Waals surface area contributed by atoms with E-state index in [2.05, 4.69) is 20.3 Å². The number of H-pyrrole nitrogens is 1. The van der Waals surface area contributed by atoms with E-state index in [4.69, 9.17) is 5.73 Å². The molecule has 1 atom stereocenters. The van der Waals surface area contributed by atoms with Crippen LogP contribution >= 0.6 is 23.1 Å². The Labute approximate surface area is 164 Å². The van der Waals surface area contributed by atoms with Gasteiger partial charge < -0.3 is 16.0 Å². The topological polar surface area (TPSA) is 114 Å². The summed E-state index contributed by atoms with van der Waals surface area (Å²) in [5, 5.41) is 3.31. The first-order valence-corrected chi connectivity index (χ1v) is 10.0. The van der Waals surface area contributed by atoms with Crippen LogP contribution in [-0.2, 0) is 4.79 Å². The Bertz CT molecular complexity index is 1000. The Morgan fingerprint density at radius 3 is 2.74 bits per heavy atom. The van der Waals surface area contributed by atoms with Gasteiger partial charge in [-0.2, -0.15) is 0 Å². The highest BCUT2D eigenvalue weighted by molar-refractivity contribution is 8.00. The number of thioether (sulfide) groups is 1. The molecular formula is C18H19N5O2S2. The molecule has 0 bridgehead atoms. The maximum atomic E-state index is 12.7. The van der Waals surface area contributed by atoms with Gasteiger partial charge in [-0.1, -0.05) is 49.0 Å². The predicted octanol–water partition coefficient (Wildman–Crippen LogP) is 3.29. The number of hydrogen-bond acceptors (Lipinski definition) is 7. The van der Waals surface area contributed by atoms with E-state index in [9.17, 15) is 9.59 Å². The molecule has 3 rings (SSSR count). The number of anilines is 2. The highest BCUT2D eigenvalue weighted by Crippen LogP contribution is 2.31. The van der Waals surface area contributed by atoms with Gasteiger partial charge in [-0.05, 0) is 13.3 Å². The van der Waals surface area contributed by atoms with Gasteiger partial charge in [0.05, 0.1) is 10.9 Å². The molecule has 2 aromatic heterocycles. The van der Waals surface area contributed by atoms with Crippen LogP contribution in [0.25, 0.3) is 11.3 Å². The lowest BCUT2D eigenvalue weighted by molar-refractivity contribution is -0.115. The Morgan fingerprint density at radius 2 is 2.07 bits per heavy atom. The summed E-state index contributed by atoms with van der Waals surface area (Å²) in [6.45, 7) is 3.87. The van der Waals surface area contributed by atoms with E-state index < -0.39 is 5.25 Å². The third kappa shape index (κ3) is 4.75. The van der Waals surface area contributed by atoms with Crippen LogP contribution in [-0.4, -0.2) is 26.1 Å². The fourth-order valence-corrected chi connectivity index (χ4v) is 4.22. The number of nitrogens with zero attached hydrogens (tertiary/aromatic N) is 2. The van der Waals surface area contributed by atoms with Crippen LogP contribution in [0.15, 0.2) is 46.3 Å². The molecule has 4 N–H and O–H groups in total. The molecule has 0 fully saturated rings. The van der Waals surface area contributed by atoms with E-state index in [0.29, 0.717) is 16.7 Å². The molecule has 2 heterocycles. The number of benzene rings is 1. The lowest BCUT2D eigenvalue weighted by atomic mass is 10.1. The monoisotopic (exact) mass is 401 g/mol. The smallest absolute Gasteiger partial charge is 0.253 e. The summed E-state index contributed by atoms with van der Waals surface area (Å²) in [5.41, 5.74) is 7.12. The van der Waals surface area contributed by atoms with Crippen molar-refractivity contribution in [3.05, 3.63) is 51.6 Å². The zero-order chi connectivity index (χ0) is 19.4. The maximum Gasteiger partial charge on any atom is 0.253 e. The zero-order valence-corrected chi connectivity index (χ0v) is 16.5. The number of aromatic nitrogens is 3. The van der Waals surface area contributed by atoms with E-state index in [-0.39, 0.29) is 17.3 Å². The van der Waals surface area contributed by atoms with Crippen LogP contribution in [0.3, 0.4) is 0 Å². The quantitative estimate of drug-likeness (QED) is 0.431. The molecule has 0 aliphatic heterocycles. The predicted molar refractivity (Wildman–Crippen MR) is 110 cm³/mol. The number of hydrogen-bond donors (Lipinski definition) is 3. The lowest BCUT2D eigenvalue weighted by Gasteiger charge is -2.12. The van der Waals surface area contributed by atoms with E-state index in [0.717, 1.165) is 16.1 Å². The average Bonchev–Trinajstić information content (AvgIpc) is 2.99. The molecule has 7 nitrogen and oxygen atoms in total. The first kappa shape index (κ1) is 19.1. The number of aromatic amines is 1. The minimum Gasteiger partial charge on any atom is -0.383 e. The van der Waals surface area contributed by atoms with Gasteiger partial charge in [0.25, 0.3) is 5.56 Å². The Hall–Kier alpha value is -2.65. The lowest BCUT2D eigenvalue weighted by Crippen LogP contribution is -2.25. The molecule has 3 aromatic rings. The summed E-state index contributed by atoms with van der Waals surface area (Å²) in [6, 6.07) is 11.0. The van der Waals surface area contributed by atoms with Gasteiger partial charge in [0, 0.05) is 16.5 Å². The van der Waals surface area contributed by atoms with Crippen LogP contribution in [0, 0.1) is 6.92 Å². The Balaban J connectivity index is 1.74. The van der Waals surface area contributed by atoms with Crippen molar-refractivity contribution < 1.29 is 4.79 Å². The summed E-state index contributed by atoms with van der Waals surface area (Å²) in [7, 11) is 0. The van der Waals surface area contributed by atoms with E-state index in [1.807, 2.05) is 44.2 Å². The molecule has 0 saturated heterocycles. The second-order valence-corrected chi connectivity index (χ2v) is 8.16. The number of amides is 1. The second-order valence-electron chi connectivity index (χ2n) is 5.77. The standard InChI is InChI=1S/C18H19N5O2S2/c1-3-12(27-17-20-13(19)9-14(24)21-17)16(25)23-18-22-15(10(2)26-18)11-7-5-4-6-8-11/h4-9,12H,3H2,1-2H3,(H,22,23,25)(H3,19,20,21,24). The van der Waals surface area contributed by atoms with Crippen molar-refractivity contribution in [1.29, 1.82) is 0 Å². The minimum absolute atomic E-state index is 0.125. The molecule has 9 heteroatoms. The van der Waals surface area contributed by atoms with Crippen molar-refractivity contribution in [2.75, 3.05) is 11.1 Å². The second kappa shape index (κ2) is 8.36. The Morgan fingerprint density at radius 1 is 1.33 bits per heavy atom. The van der Waals surface area contributed by atoms with Crippen LogP contribution < -0.4 is 16.6 Å². The summed E-state index contributed by atoms with van der Waals surface area (Å²) in [4.78, 5) is 36.4. The van der Waals surface area contributed by atoms with Crippen LogP contribution in [0.4, 0.5) is 10.9 Å². The van der Waals surface area contributed by atoms with E-state index >= 15 is 0 Å². The number of thiazole rings is 1. The molecular weight excluding hydrogens is 382 g/mol. The van der Waals surface area contributed by atoms with Crippen molar-refractivity contribution in [3.63, 3.8) is 0 Å². The highest BCUT2D eigenvalue weighted by atomic mass is 32.2. The fraction of sp³-hybridized carbons (Fsp3) is 0.222. The zero-order valence-electron chi connectivity index (χ0n) is 14.9. The number of rotatable bonds is 6. The molecule has 0 saturated carbocycles. The van der Waals surface area contributed by atoms with Crippen LogP contribution in [0.1, 0.15) is 18.2 Å². The van der Waals surface area contributed by atoms with E-state index in [1.165, 1.54) is 29.2 Å². The summed E-state index contributed by atoms with van der Waals surface area (Å²) < 4.78 is 0. The summed E-state index contributed by atoms with van der Waals surface area (Å²) in [6.07, 6.45) is 0.560. The molecule has 1 aromatic carbocycles. The maximum absolute atomic E-state index is 12.7. The summed E-state index contributed by atoms with van der Waals surface area (Å²) >= 11 is 2.60. The molecule has 1 unspecified atom stereocenters. The van der Waals surface area contributed by atoms with E-state index in [1.54, 1.807) is 0 Å². The molecule has 140 valence electrons. The van der Waals surface area contributed by atoms with Gasteiger partial charge in [-0.3, -0.25) is 9.59 Å². The minimum atomic E-state index is -0.431. The number of aryl methyl sites for hydroxylation is 1. The van der Waals surface area contributed by atoms with Crippen LogP contribution in [0.5, 0.6) is 0 Å². The first-order chi connectivity index (χ1) is 13.0. The van der Waals surface area contributed by atoms with Gasteiger partial charge in [-0.25, -0.2) is 9.97 Å². The largest absolute Gasteiger partial charge is 0.383 e. The third-order valence-corrected chi connectivity index (χ3v) is 5.87. The van der Waals surface area contributed by atoms with Crippen molar-refractivity contribution in [2.45, 2.75) is 30.7 Å². The SMILES string of the molecule is CCC(Sc1nc(N)cc(=O)[nH]1)C(=O)Nc1nc(-c2ccccc2)c(C)s1. The van der Waals surface area contributed by atoms with Gasteiger partial charge in [-0.15, -0.1) is 11.3 Å². The van der Waals surface area contributed by atoms with Gasteiger partial charge >= 0.3 is 0 Å². The van der Waals surface area contributed by atoms with Crippen molar-refractivity contribution >= 4 is 40.0 Å². The normalized spacial score (nSPS) is 11.9. The van der Waals surface area contributed by atoms with Gasteiger partial charge in [0.15, 0.2) is 10.3 Å². The number of nitrogen functional groups attached to an aromatic ring is 1. The number of nitrogens with one attached hydrogen (secondary N) is 2. The molecule has 1 amide bonds. The number of carbonyl (C=O) groups is 1. The Kier molecular flexibility index (Phi) is 5.92. The molecule has 27 heavy (non-hydrogen) atoms. The van der Waals surface area contributed by atoms with Crippen molar-refractivity contribution in [3.8, 4) is 11.3 Å². The highest BCUT2D eigenvalue weighted by Gasteiger charge is 2.21. The van der Waals surface area contributed by atoms with Gasteiger partial charge in [0.1, 0.15) is 5.82 Å². The summed E-state index contributed by atoms with van der Waals surface area (Å²) in [5.74, 6) is -0.0690. The number of nitrogens with two attached hydrogens (primary N) is 1. The molecule has 0 spiro atoms. The fourth-order valence-electron chi connectivity index (χ4n) is 2.47. The van der Waals surface area contributed by atoms with Crippen LogP contribution in [0.2, 0.25) is 0 Å². The molecule has 0 aliphatic rings. The molecule has 0 radical (unpaired) electrons. The number of carbonyl (C=O) groups excluding carboxylic acids is 1. The first-order valence-electron chi connectivity index (χ1n) is 8.33. The molecule has 0 aliphatic carbocycles. The average molecular weight is 402 g/mol. The van der Waals surface area contributed by atoms with Gasteiger partial charge in [0.2, 0.25) is 5.91 Å². The van der Waals surface area contributed by atoms with Crippen molar-refractivity contribution in [1.82, 2.24) is 15.0 Å².